The molecule has 3 rings (SSSR count). The second kappa shape index (κ2) is 7.41. The topological polar surface area (TPSA) is 34.1 Å². The van der Waals surface area contributed by atoms with Crippen LogP contribution in [0.3, 0.4) is 0 Å². The summed E-state index contributed by atoms with van der Waals surface area (Å²) in [5.41, 5.74) is 0.996. The Morgan fingerprint density at radius 1 is 1.10 bits per heavy atom. The molecule has 1 saturated carbocycles. The third-order valence-electron chi connectivity index (χ3n) is 4.22. The molecule has 1 aliphatic carbocycles. The molecule has 0 amide bonds. The minimum Gasteiger partial charge on any atom is -0.493 e. The lowest BCUT2D eigenvalue weighted by Crippen LogP contribution is -2.32. The van der Waals surface area contributed by atoms with Crippen LogP contribution in [0.4, 0.5) is 0 Å². The molecule has 1 N–H and O–H groups in total. The van der Waals surface area contributed by atoms with E-state index in [0.717, 1.165) is 42.3 Å². The molecule has 21 heavy (non-hydrogen) atoms. The van der Waals surface area contributed by atoms with Gasteiger partial charge < -0.3 is 10.1 Å². The summed E-state index contributed by atoms with van der Waals surface area (Å²) in [5.74, 6) is 0.943. The Labute approximate surface area is 126 Å². The van der Waals surface area contributed by atoms with E-state index in [1.807, 2.05) is 30.5 Å². The Morgan fingerprint density at radius 3 is 2.90 bits per heavy atom. The van der Waals surface area contributed by atoms with E-state index in [-0.39, 0.29) is 0 Å². The smallest absolute Gasteiger partial charge is 0.128 e. The Morgan fingerprint density at radius 2 is 2.00 bits per heavy atom. The van der Waals surface area contributed by atoms with E-state index in [9.17, 15) is 0 Å². The molecule has 3 nitrogen and oxygen atoms in total. The van der Waals surface area contributed by atoms with E-state index < -0.39 is 0 Å². The van der Waals surface area contributed by atoms with Crippen LogP contribution in [-0.2, 0) is 0 Å². The molecule has 1 fully saturated rings. The van der Waals surface area contributed by atoms with Crippen LogP contribution in [0.15, 0.2) is 36.5 Å². The highest BCUT2D eigenvalue weighted by molar-refractivity contribution is 5.84. The van der Waals surface area contributed by atoms with Crippen molar-refractivity contribution in [3.63, 3.8) is 0 Å². The number of hydrogen-bond acceptors (Lipinski definition) is 3. The van der Waals surface area contributed by atoms with Gasteiger partial charge in [0.2, 0.25) is 0 Å². The van der Waals surface area contributed by atoms with Crippen molar-refractivity contribution in [2.24, 2.45) is 0 Å². The number of rotatable bonds is 6. The summed E-state index contributed by atoms with van der Waals surface area (Å²) >= 11 is 0. The quantitative estimate of drug-likeness (QED) is 0.816. The van der Waals surface area contributed by atoms with Gasteiger partial charge in [-0.15, -0.1) is 0 Å². The SMILES string of the molecule is c1cc(OCCCNC2CCCCC2)c2cccnc2c1. The molecule has 0 saturated heterocycles. The van der Waals surface area contributed by atoms with Crippen molar-refractivity contribution in [1.82, 2.24) is 10.3 Å². The van der Waals surface area contributed by atoms with Crippen LogP contribution in [0, 0.1) is 0 Å². The molecular weight excluding hydrogens is 260 g/mol. The predicted molar refractivity (Wildman–Crippen MR) is 86.7 cm³/mol. The second-order valence-electron chi connectivity index (χ2n) is 5.82. The fraction of sp³-hybridized carbons (Fsp3) is 0.500. The standard InChI is InChI=1S/C18H24N2O/c1-2-7-15(8-3-1)19-13-6-14-21-18-11-4-10-17-16(18)9-5-12-20-17/h4-5,9-12,15,19H,1-3,6-8,13-14H2. The zero-order valence-corrected chi connectivity index (χ0v) is 12.6. The van der Waals surface area contributed by atoms with Gasteiger partial charge >= 0.3 is 0 Å². The van der Waals surface area contributed by atoms with Gasteiger partial charge in [0.05, 0.1) is 12.1 Å². The van der Waals surface area contributed by atoms with Gasteiger partial charge in [-0.3, -0.25) is 4.98 Å². The molecule has 3 heteroatoms. The first-order valence-corrected chi connectivity index (χ1v) is 8.13. The van der Waals surface area contributed by atoms with E-state index in [4.69, 9.17) is 4.74 Å². The maximum Gasteiger partial charge on any atom is 0.128 e. The molecule has 0 radical (unpaired) electrons. The van der Waals surface area contributed by atoms with Crippen molar-refractivity contribution in [1.29, 1.82) is 0 Å². The number of hydrogen-bond donors (Lipinski definition) is 1. The number of benzene rings is 1. The van der Waals surface area contributed by atoms with E-state index in [2.05, 4.69) is 16.4 Å². The van der Waals surface area contributed by atoms with Crippen LogP contribution < -0.4 is 10.1 Å². The summed E-state index contributed by atoms with van der Waals surface area (Å²) in [6, 6.07) is 10.8. The Balaban J connectivity index is 1.44. The highest BCUT2D eigenvalue weighted by atomic mass is 16.5. The number of fused-ring (bicyclic) bond motifs is 1. The minimum atomic E-state index is 0.737. The van der Waals surface area contributed by atoms with Crippen LogP contribution in [-0.4, -0.2) is 24.2 Å². The molecule has 1 aromatic heterocycles. The van der Waals surface area contributed by atoms with Gasteiger partial charge in [-0.05, 0) is 50.1 Å². The molecule has 0 bridgehead atoms. The molecule has 0 aliphatic heterocycles. The number of nitrogens with zero attached hydrogens (tertiary/aromatic N) is 1. The maximum absolute atomic E-state index is 5.93. The largest absolute Gasteiger partial charge is 0.493 e. The van der Waals surface area contributed by atoms with Crippen molar-refractivity contribution in [2.75, 3.05) is 13.2 Å². The summed E-state index contributed by atoms with van der Waals surface area (Å²) in [5, 5.41) is 4.75. The minimum absolute atomic E-state index is 0.737. The third kappa shape index (κ3) is 3.94. The number of nitrogens with one attached hydrogen (secondary N) is 1. The molecule has 0 unspecified atom stereocenters. The molecule has 2 aromatic rings. The Bertz CT molecular complexity index is 559. The maximum atomic E-state index is 5.93. The fourth-order valence-corrected chi connectivity index (χ4v) is 3.07. The van der Waals surface area contributed by atoms with Crippen LogP contribution in [0.25, 0.3) is 10.9 Å². The Kier molecular flexibility index (Phi) is 5.06. The molecule has 1 heterocycles. The van der Waals surface area contributed by atoms with Crippen LogP contribution in [0.1, 0.15) is 38.5 Å². The average molecular weight is 284 g/mol. The molecule has 0 spiro atoms. The van der Waals surface area contributed by atoms with E-state index >= 15 is 0 Å². The summed E-state index contributed by atoms with van der Waals surface area (Å²) < 4.78 is 5.93. The molecule has 0 atom stereocenters. The highest BCUT2D eigenvalue weighted by Gasteiger charge is 2.11. The third-order valence-corrected chi connectivity index (χ3v) is 4.22. The van der Waals surface area contributed by atoms with Crippen molar-refractivity contribution >= 4 is 10.9 Å². The summed E-state index contributed by atoms with van der Waals surface area (Å²) in [6.07, 6.45) is 9.74. The summed E-state index contributed by atoms with van der Waals surface area (Å²) in [7, 11) is 0. The highest BCUT2D eigenvalue weighted by Crippen LogP contribution is 2.23. The van der Waals surface area contributed by atoms with Crippen molar-refractivity contribution < 1.29 is 4.74 Å². The molecule has 1 aromatic carbocycles. The first-order valence-electron chi connectivity index (χ1n) is 8.13. The number of ether oxygens (including phenoxy) is 1. The van der Waals surface area contributed by atoms with E-state index in [0.29, 0.717) is 0 Å². The number of aromatic nitrogens is 1. The van der Waals surface area contributed by atoms with Gasteiger partial charge in [0, 0.05) is 17.6 Å². The Hall–Kier alpha value is -1.61. The average Bonchev–Trinajstić information content (AvgIpc) is 2.56. The van der Waals surface area contributed by atoms with Gasteiger partial charge in [0.15, 0.2) is 0 Å². The number of pyridine rings is 1. The first-order chi connectivity index (χ1) is 10.4. The lowest BCUT2D eigenvalue weighted by atomic mass is 9.95. The fourth-order valence-electron chi connectivity index (χ4n) is 3.07. The van der Waals surface area contributed by atoms with Crippen LogP contribution in [0.5, 0.6) is 5.75 Å². The lowest BCUT2D eigenvalue weighted by Gasteiger charge is -2.22. The lowest BCUT2D eigenvalue weighted by molar-refractivity contribution is 0.299. The predicted octanol–water partition coefficient (Wildman–Crippen LogP) is 3.93. The van der Waals surface area contributed by atoms with Gasteiger partial charge in [-0.2, -0.15) is 0 Å². The summed E-state index contributed by atoms with van der Waals surface area (Å²) in [4.78, 5) is 4.36. The zero-order chi connectivity index (χ0) is 14.3. The van der Waals surface area contributed by atoms with Crippen LogP contribution >= 0.6 is 0 Å². The van der Waals surface area contributed by atoms with Crippen molar-refractivity contribution in [3.8, 4) is 5.75 Å². The molecule has 1 aliphatic rings. The molecule has 112 valence electrons. The van der Waals surface area contributed by atoms with Crippen LogP contribution in [0.2, 0.25) is 0 Å². The van der Waals surface area contributed by atoms with Gasteiger partial charge in [0.25, 0.3) is 0 Å². The zero-order valence-electron chi connectivity index (χ0n) is 12.6. The van der Waals surface area contributed by atoms with Crippen molar-refractivity contribution in [3.05, 3.63) is 36.5 Å². The van der Waals surface area contributed by atoms with Gasteiger partial charge in [0.1, 0.15) is 5.75 Å². The monoisotopic (exact) mass is 284 g/mol. The molecular formula is C18H24N2O. The van der Waals surface area contributed by atoms with E-state index in [1.165, 1.54) is 32.1 Å². The second-order valence-corrected chi connectivity index (χ2v) is 5.82. The van der Waals surface area contributed by atoms with Gasteiger partial charge in [-0.25, -0.2) is 0 Å². The van der Waals surface area contributed by atoms with Gasteiger partial charge in [-0.1, -0.05) is 25.3 Å². The first kappa shape index (κ1) is 14.3. The van der Waals surface area contributed by atoms with E-state index in [1.54, 1.807) is 0 Å². The van der Waals surface area contributed by atoms with Crippen molar-refractivity contribution in [2.45, 2.75) is 44.6 Å². The normalized spacial score (nSPS) is 16.2. The summed E-state index contributed by atoms with van der Waals surface area (Å²) in [6.45, 7) is 1.81.